The van der Waals surface area contributed by atoms with Crippen molar-refractivity contribution in [3.8, 4) is 0 Å². The molecule has 0 N–H and O–H groups in total. The Morgan fingerprint density at radius 3 is 1.93 bits per heavy atom. The van der Waals surface area contributed by atoms with Crippen LogP contribution >= 0.6 is 0 Å². The van der Waals surface area contributed by atoms with Gasteiger partial charge in [0.15, 0.2) is 5.65 Å². The number of anilines is 3. The average molecular weight is 385 g/mol. The smallest absolute Gasteiger partial charge is 0.229 e. The topological polar surface area (TPSA) is 79.7 Å². The maximum atomic E-state index is 5.50. The minimum atomic E-state index is 0.712. The number of piperidine rings is 1. The van der Waals surface area contributed by atoms with Gasteiger partial charge in [-0.15, -0.1) is 0 Å². The highest BCUT2D eigenvalue weighted by Gasteiger charge is 2.23. The second-order valence-electron chi connectivity index (χ2n) is 7.50. The highest BCUT2D eigenvalue weighted by molar-refractivity contribution is 5.88. The third-order valence-corrected chi connectivity index (χ3v) is 5.65. The molecule has 5 rings (SSSR count). The van der Waals surface area contributed by atoms with Crippen LogP contribution in [0.1, 0.15) is 19.3 Å². The van der Waals surface area contributed by atoms with Gasteiger partial charge in [0, 0.05) is 45.5 Å². The first-order chi connectivity index (χ1) is 13.9. The van der Waals surface area contributed by atoms with Crippen LogP contribution in [0.25, 0.3) is 11.0 Å². The maximum Gasteiger partial charge on any atom is 0.229 e. The zero-order chi connectivity index (χ0) is 18.8. The van der Waals surface area contributed by atoms with Crippen molar-refractivity contribution in [1.29, 1.82) is 0 Å². The summed E-state index contributed by atoms with van der Waals surface area (Å²) >= 11 is 0. The SMILES string of the molecule is c1nc(N2CCOCC2)nc2nc(N3CCOCC3)nc(N3CCCCC3)c12. The lowest BCUT2D eigenvalue weighted by atomic mass is 10.1. The summed E-state index contributed by atoms with van der Waals surface area (Å²) < 4.78 is 11.0. The zero-order valence-corrected chi connectivity index (χ0v) is 16.2. The van der Waals surface area contributed by atoms with Crippen LogP contribution in [0, 0.1) is 0 Å². The van der Waals surface area contributed by atoms with Crippen molar-refractivity contribution in [1.82, 2.24) is 19.9 Å². The summed E-state index contributed by atoms with van der Waals surface area (Å²) in [5.74, 6) is 2.45. The standard InChI is InChI=1S/C19H27N7O2/c1-2-4-24(5-3-1)17-15-14-20-18(25-6-10-27-11-7-25)21-16(15)22-19(23-17)26-8-12-28-13-9-26/h14H,1-13H2. The molecule has 0 spiro atoms. The van der Waals surface area contributed by atoms with Crippen molar-refractivity contribution in [2.45, 2.75) is 19.3 Å². The zero-order valence-electron chi connectivity index (χ0n) is 16.2. The Hall–Kier alpha value is -2.26. The van der Waals surface area contributed by atoms with E-state index in [1.165, 1.54) is 19.3 Å². The van der Waals surface area contributed by atoms with Crippen molar-refractivity contribution in [3.63, 3.8) is 0 Å². The van der Waals surface area contributed by atoms with Gasteiger partial charge in [0.05, 0.1) is 31.8 Å². The van der Waals surface area contributed by atoms with E-state index in [1.807, 2.05) is 6.20 Å². The fourth-order valence-corrected chi connectivity index (χ4v) is 4.05. The van der Waals surface area contributed by atoms with Gasteiger partial charge < -0.3 is 24.2 Å². The number of ether oxygens (including phenoxy) is 2. The fourth-order valence-electron chi connectivity index (χ4n) is 4.05. The van der Waals surface area contributed by atoms with Crippen LogP contribution in [0.3, 0.4) is 0 Å². The molecular weight excluding hydrogens is 358 g/mol. The Balaban J connectivity index is 1.56. The molecule has 2 aromatic heterocycles. The average Bonchev–Trinajstić information content (AvgIpc) is 2.79. The molecule has 3 aliphatic heterocycles. The minimum Gasteiger partial charge on any atom is -0.378 e. The molecule has 5 heterocycles. The number of fused-ring (bicyclic) bond motifs is 1. The van der Waals surface area contributed by atoms with Gasteiger partial charge >= 0.3 is 0 Å². The van der Waals surface area contributed by atoms with Crippen molar-refractivity contribution in [2.75, 3.05) is 80.4 Å². The Labute approximate surface area is 164 Å². The minimum absolute atomic E-state index is 0.712. The molecule has 3 saturated heterocycles. The third-order valence-electron chi connectivity index (χ3n) is 5.65. The molecule has 3 aliphatic rings. The summed E-state index contributed by atoms with van der Waals surface area (Å²) in [6, 6.07) is 0. The van der Waals surface area contributed by atoms with Gasteiger partial charge in [0.2, 0.25) is 11.9 Å². The van der Waals surface area contributed by atoms with E-state index in [0.29, 0.717) is 26.4 Å². The molecule has 9 nitrogen and oxygen atoms in total. The number of nitrogens with zero attached hydrogens (tertiary/aromatic N) is 7. The third kappa shape index (κ3) is 3.56. The highest BCUT2D eigenvalue weighted by Crippen LogP contribution is 2.29. The van der Waals surface area contributed by atoms with E-state index in [9.17, 15) is 0 Å². The summed E-state index contributed by atoms with van der Waals surface area (Å²) in [4.78, 5) is 26.0. The summed E-state index contributed by atoms with van der Waals surface area (Å²) in [6.45, 7) is 8.15. The van der Waals surface area contributed by atoms with Crippen LogP contribution in [0.15, 0.2) is 6.20 Å². The van der Waals surface area contributed by atoms with E-state index in [0.717, 1.165) is 68.0 Å². The molecule has 0 unspecified atom stereocenters. The summed E-state index contributed by atoms with van der Waals surface area (Å²) in [7, 11) is 0. The van der Waals surface area contributed by atoms with Crippen molar-refractivity contribution in [3.05, 3.63) is 6.20 Å². The van der Waals surface area contributed by atoms with Gasteiger partial charge in [0.1, 0.15) is 5.82 Å². The molecule has 2 aromatic rings. The van der Waals surface area contributed by atoms with E-state index >= 15 is 0 Å². The summed E-state index contributed by atoms with van der Waals surface area (Å²) in [5, 5.41) is 0.941. The largest absolute Gasteiger partial charge is 0.378 e. The van der Waals surface area contributed by atoms with Crippen LogP contribution in [0.5, 0.6) is 0 Å². The molecule has 0 saturated carbocycles. The molecule has 0 radical (unpaired) electrons. The lowest BCUT2D eigenvalue weighted by Gasteiger charge is -2.31. The second-order valence-corrected chi connectivity index (χ2v) is 7.50. The van der Waals surface area contributed by atoms with Gasteiger partial charge in [-0.25, -0.2) is 4.98 Å². The van der Waals surface area contributed by atoms with Gasteiger partial charge in [-0.05, 0) is 19.3 Å². The van der Waals surface area contributed by atoms with Crippen LogP contribution in [-0.2, 0) is 9.47 Å². The van der Waals surface area contributed by atoms with Crippen LogP contribution in [0.2, 0.25) is 0 Å². The lowest BCUT2D eigenvalue weighted by Crippen LogP contribution is -2.38. The normalized spacial score (nSPS) is 21.4. The lowest BCUT2D eigenvalue weighted by molar-refractivity contribution is 0.122. The predicted octanol–water partition coefficient (Wildman–Crippen LogP) is 1.08. The Bertz CT molecular complexity index is 810. The fraction of sp³-hybridized carbons (Fsp3) is 0.684. The van der Waals surface area contributed by atoms with Gasteiger partial charge in [-0.3, -0.25) is 0 Å². The first kappa shape index (κ1) is 17.8. The van der Waals surface area contributed by atoms with E-state index in [1.54, 1.807) is 0 Å². The van der Waals surface area contributed by atoms with Crippen molar-refractivity contribution >= 4 is 28.7 Å². The Morgan fingerprint density at radius 1 is 0.643 bits per heavy atom. The quantitative estimate of drug-likeness (QED) is 0.771. The van der Waals surface area contributed by atoms with E-state index < -0.39 is 0 Å². The molecule has 28 heavy (non-hydrogen) atoms. The summed E-state index contributed by atoms with van der Waals surface area (Å²) in [5.41, 5.74) is 0.730. The Morgan fingerprint density at radius 2 is 1.25 bits per heavy atom. The molecule has 9 heteroatoms. The number of morpholine rings is 2. The number of hydrogen-bond donors (Lipinski definition) is 0. The first-order valence-electron chi connectivity index (χ1n) is 10.3. The maximum absolute atomic E-state index is 5.50. The molecule has 0 aliphatic carbocycles. The highest BCUT2D eigenvalue weighted by atomic mass is 16.5. The molecular formula is C19H27N7O2. The summed E-state index contributed by atoms with van der Waals surface area (Å²) in [6.07, 6.45) is 5.59. The molecule has 3 fully saturated rings. The van der Waals surface area contributed by atoms with Crippen LogP contribution < -0.4 is 14.7 Å². The second kappa shape index (κ2) is 8.00. The molecule has 0 aromatic carbocycles. The molecule has 150 valence electrons. The van der Waals surface area contributed by atoms with Crippen molar-refractivity contribution in [2.24, 2.45) is 0 Å². The number of aromatic nitrogens is 4. The van der Waals surface area contributed by atoms with Crippen molar-refractivity contribution < 1.29 is 9.47 Å². The van der Waals surface area contributed by atoms with Gasteiger partial charge in [-0.1, -0.05) is 0 Å². The molecule has 0 amide bonds. The van der Waals surface area contributed by atoms with E-state index in [-0.39, 0.29) is 0 Å². The van der Waals surface area contributed by atoms with E-state index in [2.05, 4.69) is 19.7 Å². The number of rotatable bonds is 3. The molecule has 0 bridgehead atoms. The monoisotopic (exact) mass is 385 g/mol. The Kier molecular flexibility index (Phi) is 5.09. The molecule has 0 atom stereocenters. The van der Waals surface area contributed by atoms with Crippen LogP contribution in [-0.4, -0.2) is 85.6 Å². The number of hydrogen-bond acceptors (Lipinski definition) is 9. The van der Waals surface area contributed by atoms with E-state index in [4.69, 9.17) is 24.4 Å². The first-order valence-corrected chi connectivity index (χ1v) is 10.3. The predicted molar refractivity (Wildman–Crippen MR) is 107 cm³/mol. The van der Waals surface area contributed by atoms with Gasteiger partial charge in [0.25, 0.3) is 0 Å². The van der Waals surface area contributed by atoms with Gasteiger partial charge in [-0.2, -0.15) is 15.0 Å². The van der Waals surface area contributed by atoms with Crippen LogP contribution in [0.4, 0.5) is 17.7 Å².